The average molecular weight is 467 g/mol. The summed E-state index contributed by atoms with van der Waals surface area (Å²) in [5.74, 6) is 1.27. The summed E-state index contributed by atoms with van der Waals surface area (Å²) in [6.45, 7) is 8.11. The van der Waals surface area contributed by atoms with Crippen molar-refractivity contribution >= 4 is 18.4 Å². The third kappa shape index (κ3) is 3.64. The van der Waals surface area contributed by atoms with Gasteiger partial charge in [-0.3, -0.25) is 4.98 Å². The predicted molar refractivity (Wildman–Crippen MR) is 125 cm³/mol. The second-order valence-corrected chi connectivity index (χ2v) is 10.9. The smallest absolute Gasteiger partial charge is 0.399 e. The van der Waals surface area contributed by atoms with Crippen LogP contribution in [0.15, 0.2) is 24.5 Å². The zero-order valence-electron chi connectivity index (χ0n) is 20.3. The highest BCUT2D eigenvalue weighted by molar-refractivity contribution is 6.62. The maximum Gasteiger partial charge on any atom is 0.495 e. The fraction of sp³-hybridized carbons (Fsp3) is 0.600. The summed E-state index contributed by atoms with van der Waals surface area (Å²) in [7, 11) is 1.17. The number of hydrogen-bond acceptors (Lipinski definition) is 7. The van der Waals surface area contributed by atoms with Gasteiger partial charge in [-0.1, -0.05) is 6.07 Å². The molecular weight excluding hydrogens is 436 g/mol. The molecule has 0 amide bonds. The second kappa shape index (κ2) is 7.72. The second-order valence-electron chi connectivity index (χ2n) is 10.9. The van der Waals surface area contributed by atoms with Crippen molar-refractivity contribution in [3.63, 3.8) is 0 Å². The number of ether oxygens (including phenoxy) is 2. The fourth-order valence-electron chi connectivity index (χ4n) is 5.38. The monoisotopic (exact) mass is 467 g/mol. The third-order valence-corrected chi connectivity index (χ3v) is 8.23. The molecule has 0 radical (unpaired) electrons. The summed E-state index contributed by atoms with van der Waals surface area (Å²) in [5.41, 5.74) is 2.65. The van der Waals surface area contributed by atoms with E-state index in [-0.39, 0.29) is 24.3 Å². The molecule has 34 heavy (non-hydrogen) atoms. The maximum absolute atomic E-state index is 15.0. The molecule has 6 rings (SSSR count). The summed E-state index contributed by atoms with van der Waals surface area (Å²) < 4.78 is 38.3. The van der Waals surface area contributed by atoms with Crippen molar-refractivity contribution in [2.75, 3.05) is 12.4 Å². The number of anilines is 1. The van der Waals surface area contributed by atoms with Gasteiger partial charge in [0.2, 0.25) is 0 Å². The maximum atomic E-state index is 15.0. The van der Waals surface area contributed by atoms with Crippen molar-refractivity contribution in [1.29, 1.82) is 0 Å². The molecule has 0 spiro atoms. The van der Waals surface area contributed by atoms with Gasteiger partial charge in [-0.25, -0.2) is 9.37 Å². The summed E-state index contributed by atoms with van der Waals surface area (Å²) in [6, 6.07) is 3.15. The van der Waals surface area contributed by atoms with Crippen molar-refractivity contribution in [2.45, 2.75) is 82.5 Å². The lowest BCUT2D eigenvalue weighted by Gasteiger charge is -2.32. The fourth-order valence-corrected chi connectivity index (χ4v) is 5.38. The number of nitrogens with zero attached hydrogens (tertiary/aromatic N) is 2. The molecule has 7 nitrogen and oxygen atoms in total. The van der Waals surface area contributed by atoms with E-state index in [0.29, 0.717) is 23.2 Å². The van der Waals surface area contributed by atoms with E-state index in [1.54, 1.807) is 19.4 Å². The lowest BCUT2D eigenvalue weighted by atomic mass is 9.75. The summed E-state index contributed by atoms with van der Waals surface area (Å²) >= 11 is 0. The SMILES string of the molecule is COC1OC1[C@H]1C[C@@H]1c1cnc(N[C@@H]2CCc3c(B4OC(C)(C)C(C)(C)O4)ccc(F)c32)cn1. The van der Waals surface area contributed by atoms with Gasteiger partial charge in [0, 0.05) is 18.6 Å². The van der Waals surface area contributed by atoms with Gasteiger partial charge >= 0.3 is 7.12 Å². The molecule has 3 heterocycles. The first-order valence-corrected chi connectivity index (χ1v) is 12.1. The molecule has 1 aromatic heterocycles. The van der Waals surface area contributed by atoms with Gasteiger partial charge in [0.15, 0.2) is 6.29 Å². The highest BCUT2D eigenvalue weighted by Gasteiger charge is 2.57. The standard InChI is InChI=1S/C25H31BFN3O4/c1-24(2)25(3,4)34-26(33-24)16-7-8-17(27)21-13(16)6-9-18(21)30-20-12-28-19(11-29-20)14-10-15(14)22-23(31-5)32-22/h7-8,11-12,14-15,18,22-23H,6,9-10H2,1-5H3,(H,29,30)/t14-,15-,18+,22?,23?/m0/s1. The molecule has 4 aliphatic rings. The molecule has 2 aliphatic carbocycles. The Morgan fingerprint density at radius 3 is 2.53 bits per heavy atom. The van der Waals surface area contributed by atoms with Crippen LogP contribution in [0.3, 0.4) is 0 Å². The Labute approximate surface area is 199 Å². The Morgan fingerprint density at radius 1 is 1.12 bits per heavy atom. The van der Waals surface area contributed by atoms with Crippen molar-refractivity contribution in [3.8, 4) is 0 Å². The van der Waals surface area contributed by atoms with E-state index >= 15 is 0 Å². The van der Waals surface area contributed by atoms with Crippen molar-refractivity contribution in [1.82, 2.24) is 9.97 Å². The molecule has 0 bridgehead atoms. The number of fused-ring (bicyclic) bond motifs is 1. The molecule has 9 heteroatoms. The van der Waals surface area contributed by atoms with Crippen LogP contribution in [0, 0.1) is 11.7 Å². The quantitative estimate of drug-likeness (QED) is 0.515. The summed E-state index contributed by atoms with van der Waals surface area (Å²) in [6.07, 6.45) is 6.27. The molecule has 3 fully saturated rings. The first-order valence-electron chi connectivity index (χ1n) is 12.1. The number of halogens is 1. The molecule has 180 valence electrons. The number of epoxide rings is 1. The van der Waals surface area contributed by atoms with E-state index in [0.717, 1.165) is 36.0 Å². The molecule has 2 aromatic rings. The number of rotatable bonds is 6. The Hall–Kier alpha value is -2.07. The van der Waals surface area contributed by atoms with Crippen LogP contribution in [0.4, 0.5) is 10.2 Å². The normalized spacial score (nSPS) is 32.5. The van der Waals surface area contributed by atoms with E-state index in [4.69, 9.17) is 18.8 Å². The minimum atomic E-state index is -0.503. The highest BCUT2D eigenvalue weighted by Crippen LogP contribution is 2.55. The number of hydrogen-bond donors (Lipinski definition) is 1. The van der Waals surface area contributed by atoms with Crippen LogP contribution in [0.2, 0.25) is 0 Å². The third-order valence-electron chi connectivity index (χ3n) is 8.23. The predicted octanol–water partition coefficient (Wildman–Crippen LogP) is 3.49. The van der Waals surface area contributed by atoms with Gasteiger partial charge in [-0.05, 0) is 70.0 Å². The zero-order chi connectivity index (χ0) is 23.8. The minimum absolute atomic E-state index is 0.0664. The van der Waals surface area contributed by atoms with Crippen LogP contribution in [0.1, 0.15) is 69.3 Å². The molecule has 2 unspecified atom stereocenters. The van der Waals surface area contributed by atoms with E-state index in [1.165, 1.54) is 6.07 Å². The van der Waals surface area contributed by atoms with Gasteiger partial charge in [0.25, 0.3) is 0 Å². The lowest BCUT2D eigenvalue weighted by molar-refractivity contribution is 0.00578. The Balaban J connectivity index is 1.17. The molecule has 2 aliphatic heterocycles. The van der Waals surface area contributed by atoms with Crippen LogP contribution in [0.5, 0.6) is 0 Å². The number of nitrogens with one attached hydrogen (secondary N) is 1. The van der Waals surface area contributed by atoms with Gasteiger partial charge in [0.05, 0.1) is 35.3 Å². The number of methoxy groups -OCH3 is 1. The summed E-state index contributed by atoms with van der Waals surface area (Å²) in [4.78, 5) is 9.21. The van der Waals surface area contributed by atoms with Crippen LogP contribution < -0.4 is 10.8 Å². The van der Waals surface area contributed by atoms with Gasteiger partial charge < -0.3 is 24.1 Å². The van der Waals surface area contributed by atoms with Crippen LogP contribution in [-0.2, 0) is 25.2 Å². The Kier molecular flexibility index (Phi) is 5.08. The lowest BCUT2D eigenvalue weighted by Crippen LogP contribution is -2.41. The largest absolute Gasteiger partial charge is 0.495 e. The molecule has 5 atom stereocenters. The summed E-state index contributed by atoms with van der Waals surface area (Å²) in [5, 5.41) is 3.40. The van der Waals surface area contributed by atoms with Crippen molar-refractivity contribution < 1.29 is 23.2 Å². The first kappa shape index (κ1) is 22.4. The molecule has 2 saturated heterocycles. The molecular formula is C25H31BFN3O4. The Morgan fingerprint density at radius 2 is 1.88 bits per heavy atom. The van der Waals surface area contributed by atoms with E-state index in [1.807, 2.05) is 33.9 Å². The zero-order valence-corrected chi connectivity index (χ0v) is 20.3. The van der Waals surface area contributed by atoms with Gasteiger partial charge in [-0.15, -0.1) is 0 Å². The van der Waals surface area contributed by atoms with E-state index in [2.05, 4.69) is 15.3 Å². The van der Waals surface area contributed by atoms with Crippen LogP contribution >= 0.6 is 0 Å². The van der Waals surface area contributed by atoms with Crippen LogP contribution in [0.25, 0.3) is 0 Å². The van der Waals surface area contributed by atoms with E-state index < -0.39 is 18.3 Å². The van der Waals surface area contributed by atoms with E-state index in [9.17, 15) is 4.39 Å². The van der Waals surface area contributed by atoms with Crippen molar-refractivity contribution in [3.05, 3.63) is 47.2 Å². The molecule has 1 saturated carbocycles. The van der Waals surface area contributed by atoms with Crippen LogP contribution in [-0.4, -0.2) is 47.8 Å². The number of benzene rings is 1. The number of aromatic nitrogens is 2. The first-order chi connectivity index (χ1) is 16.2. The molecule has 1 N–H and O–H groups in total. The molecule has 1 aromatic carbocycles. The van der Waals surface area contributed by atoms with Gasteiger partial charge in [0.1, 0.15) is 17.7 Å². The minimum Gasteiger partial charge on any atom is -0.399 e. The topological polar surface area (TPSA) is 78.0 Å². The highest BCUT2D eigenvalue weighted by atomic mass is 19.1. The average Bonchev–Trinajstić information content (AvgIpc) is 3.68. The Bertz CT molecular complexity index is 1100. The van der Waals surface area contributed by atoms with Crippen molar-refractivity contribution in [2.24, 2.45) is 5.92 Å². The van der Waals surface area contributed by atoms with Gasteiger partial charge in [-0.2, -0.15) is 0 Å².